The molecule has 10 nitrogen and oxygen atoms in total. The third kappa shape index (κ3) is 4.72. The van der Waals surface area contributed by atoms with Gasteiger partial charge in [-0.1, -0.05) is 0 Å². The first-order valence-corrected chi connectivity index (χ1v) is 10.7. The number of aromatic nitrogens is 2. The molecule has 3 aromatic rings. The minimum absolute atomic E-state index is 0.154. The van der Waals surface area contributed by atoms with Gasteiger partial charge in [0.1, 0.15) is 5.82 Å². The maximum absolute atomic E-state index is 12.9. The van der Waals surface area contributed by atoms with Gasteiger partial charge in [0.15, 0.2) is 0 Å². The number of amides is 1. The summed E-state index contributed by atoms with van der Waals surface area (Å²) < 4.78 is 29.7. The predicted octanol–water partition coefficient (Wildman–Crippen LogP) is 3.46. The number of carbonyl (C=O) groups is 1. The van der Waals surface area contributed by atoms with Gasteiger partial charge in [-0.15, -0.1) is 0 Å². The number of carbonyl (C=O) groups excluding carboxylic acids is 1. The molecule has 0 saturated carbocycles. The number of benzene rings is 2. The van der Waals surface area contributed by atoms with Gasteiger partial charge < -0.3 is 5.32 Å². The van der Waals surface area contributed by atoms with Crippen LogP contribution in [0.2, 0.25) is 0 Å². The van der Waals surface area contributed by atoms with Crippen molar-refractivity contribution < 1.29 is 18.1 Å². The van der Waals surface area contributed by atoms with Gasteiger partial charge in [0.25, 0.3) is 15.7 Å². The number of nitro benzene ring substituents is 1. The number of rotatable bonds is 6. The molecule has 0 fully saturated rings. The van der Waals surface area contributed by atoms with Crippen LogP contribution in [0.5, 0.6) is 0 Å². The van der Waals surface area contributed by atoms with Crippen LogP contribution in [0.15, 0.2) is 47.4 Å². The third-order valence-electron chi connectivity index (χ3n) is 4.60. The second-order valence-corrected chi connectivity index (χ2v) is 8.71. The highest BCUT2D eigenvalue weighted by molar-refractivity contribution is 7.92. The molecular weight excluding hydrogens is 422 g/mol. The van der Waals surface area contributed by atoms with E-state index in [0.29, 0.717) is 28.3 Å². The van der Waals surface area contributed by atoms with E-state index in [1.807, 2.05) is 0 Å². The number of nitrogens with one attached hydrogen (secondary N) is 2. The van der Waals surface area contributed by atoms with Gasteiger partial charge in [-0.3, -0.25) is 19.6 Å². The molecule has 1 aromatic heterocycles. The number of nitrogens with zero attached hydrogens (tertiary/aromatic N) is 3. The zero-order valence-corrected chi connectivity index (χ0v) is 18.1. The minimum Gasteiger partial charge on any atom is -0.311 e. The lowest BCUT2D eigenvalue weighted by atomic mass is 10.1. The summed E-state index contributed by atoms with van der Waals surface area (Å²) in [7, 11) is -4.05. The molecule has 3 rings (SSSR count). The number of nitro groups is 1. The van der Waals surface area contributed by atoms with Crippen LogP contribution in [0.25, 0.3) is 5.69 Å². The lowest BCUT2D eigenvalue weighted by Crippen LogP contribution is -2.15. The molecule has 2 aromatic carbocycles. The van der Waals surface area contributed by atoms with E-state index in [1.165, 1.54) is 17.7 Å². The van der Waals surface area contributed by atoms with Crippen molar-refractivity contribution in [3.05, 3.63) is 69.4 Å². The summed E-state index contributed by atoms with van der Waals surface area (Å²) in [6.07, 6.45) is 0. The van der Waals surface area contributed by atoms with Crippen molar-refractivity contribution >= 4 is 33.1 Å². The van der Waals surface area contributed by atoms with Gasteiger partial charge in [0, 0.05) is 30.8 Å². The smallest absolute Gasteiger partial charge is 0.271 e. The van der Waals surface area contributed by atoms with Crippen LogP contribution in [0, 0.1) is 30.9 Å². The summed E-state index contributed by atoms with van der Waals surface area (Å²) in [5, 5.41) is 18.1. The number of aryl methyl sites for hydroxylation is 2. The Bertz CT molecular complexity index is 1280. The predicted molar refractivity (Wildman–Crippen MR) is 116 cm³/mol. The van der Waals surface area contributed by atoms with Crippen LogP contribution in [-0.2, 0) is 14.8 Å². The number of sulfonamides is 1. The van der Waals surface area contributed by atoms with Crippen LogP contribution in [0.3, 0.4) is 0 Å². The highest BCUT2D eigenvalue weighted by atomic mass is 32.2. The maximum atomic E-state index is 12.9. The minimum atomic E-state index is -4.05. The molecule has 0 aliphatic heterocycles. The van der Waals surface area contributed by atoms with E-state index >= 15 is 0 Å². The Morgan fingerprint density at radius 2 is 1.74 bits per heavy atom. The molecule has 0 atom stereocenters. The van der Waals surface area contributed by atoms with Crippen LogP contribution in [0.1, 0.15) is 23.7 Å². The Labute approximate surface area is 179 Å². The molecule has 0 unspecified atom stereocenters. The van der Waals surface area contributed by atoms with Crippen molar-refractivity contribution in [3.63, 3.8) is 0 Å². The molecule has 1 amide bonds. The SMILES string of the molecule is CC(=O)Nc1cc(C)nn1-c1ccc(NS(=O)(=O)c2cc([N+](=O)[O-])cc(C)c2C)cc1. The van der Waals surface area contributed by atoms with Crippen molar-refractivity contribution in [1.29, 1.82) is 0 Å². The van der Waals surface area contributed by atoms with Gasteiger partial charge in [-0.05, 0) is 56.2 Å². The maximum Gasteiger partial charge on any atom is 0.271 e. The first-order chi connectivity index (χ1) is 14.5. The van der Waals surface area contributed by atoms with Crippen LogP contribution >= 0.6 is 0 Å². The van der Waals surface area contributed by atoms with E-state index in [4.69, 9.17) is 0 Å². The normalized spacial score (nSPS) is 11.2. The van der Waals surface area contributed by atoms with Gasteiger partial charge in [-0.25, -0.2) is 13.1 Å². The summed E-state index contributed by atoms with van der Waals surface area (Å²) >= 11 is 0. The van der Waals surface area contributed by atoms with Crippen molar-refractivity contribution in [2.24, 2.45) is 0 Å². The number of hydrogen-bond acceptors (Lipinski definition) is 6. The summed E-state index contributed by atoms with van der Waals surface area (Å²) in [6, 6.07) is 10.5. The second kappa shape index (κ2) is 8.19. The number of anilines is 2. The molecule has 0 aliphatic rings. The van der Waals surface area contributed by atoms with E-state index in [1.54, 1.807) is 51.1 Å². The summed E-state index contributed by atoms with van der Waals surface area (Å²) in [5.74, 6) is 0.245. The van der Waals surface area contributed by atoms with Gasteiger partial charge in [0.2, 0.25) is 5.91 Å². The van der Waals surface area contributed by atoms with E-state index in [-0.39, 0.29) is 22.2 Å². The second-order valence-electron chi connectivity index (χ2n) is 7.06. The molecule has 0 spiro atoms. The molecule has 1 heterocycles. The number of hydrogen-bond donors (Lipinski definition) is 2. The first kappa shape index (κ1) is 22.0. The summed E-state index contributed by atoms with van der Waals surface area (Å²) in [4.78, 5) is 21.7. The largest absolute Gasteiger partial charge is 0.311 e. The fraction of sp³-hybridized carbons (Fsp3) is 0.200. The molecule has 11 heteroatoms. The van der Waals surface area contributed by atoms with Gasteiger partial charge in [-0.2, -0.15) is 5.10 Å². The quantitative estimate of drug-likeness (QED) is 0.442. The van der Waals surface area contributed by atoms with E-state index in [2.05, 4.69) is 15.1 Å². The van der Waals surface area contributed by atoms with Crippen LogP contribution < -0.4 is 10.0 Å². The van der Waals surface area contributed by atoms with E-state index in [9.17, 15) is 23.3 Å². The molecule has 0 aliphatic carbocycles. The van der Waals surface area contributed by atoms with Crippen molar-refractivity contribution in [2.75, 3.05) is 10.0 Å². The molecule has 2 N–H and O–H groups in total. The average molecular weight is 443 g/mol. The van der Waals surface area contributed by atoms with E-state index in [0.717, 1.165) is 6.07 Å². The van der Waals surface area contributed by atoms with Crippen molar-refractivity contribution in [3.8, 4) is 5.69 Å². The highest BCUT2D eigenvalue weighted by Gasteiger charge is 2.22. The Balaban J connectivity index is 1.92. The Hall–Kier alpha value is -3.73. The first-order valence-electron chi connectivity index (χ1n) is 9.21. The average Bonchev–Trinajstić information content (AvgIpc) is 3.03. The molecular formula is C20H21N5O5S. The van der Waals surface area contributed by atoms with Gasteiger partial charge >= 0.3 is 0 Å². The molecule has 0 saturated heterocycles. The van der Waals surface area contributed by atoms with E-state index < -0.39 is 14.9 Å². The molecule has 162 valence electrons. The fourth-order valence-electron chi connectivity index (χ4n) is 3.04. The molecule has 31 heavy (non-hydrogen) atoms. The lowest BCUT2D eigenvalue weighted by Gasteiger charge is -2.13. The Morgan fingerprint density at radius 3 is 2.32 bits per heavy atom. The zero-order valence-electron chi connectivity index (χ0n) is 17.3. The van der Waals surface area contributed by atoms with Crippen LogP contribution in [-0.4, -0.2) is 29.0 Å². The van der Waals surface area contributed by atoms with Crippen molar-refractivity contribution in [1.82, 2.24) is 9.78 Å². The fourth-order valence-corrected chi connectivity index (χ4v) is 4.44. The lowest BCUT2D eigenvalue weighted by molar-refractivity contribution is -0.385. The monoisotopic (exact) mass is 443 g/mol. The summed E-state index contributed by atoms with van der Waals surface area (Å²) in [6.45, 7) is 6.39. The highest BCUT2D eigenvalue weighted by Crippen LogP contribution is 2.27. The molecule has 0 bridgehead atoms. The number of non-ortho nitro benzene ring substituents is 1. The van der Waals surface area contributed by atoms with Crippen molar-refractivity contribution in [2.45, 2.75) is 32.6 Å². The molecule has 0 radical (unpaired) electrons. The van der Waals surface area contributed by atoms with Gasteiger partial charge in [0.05, 0.1) is 21.2 Å². The third-order valence-corrected chi connectivity index (χ3v) is 6.11. The zero-order chi connectivity index (χ0) is 22.9. The topological polar surface area (TPSA) is 136 Å². The Morgan fingerprint density at radius 1 is 1.10 bits per heavy atom. The standard InChI is InChI=1S/C20H21N5O5S/c1-12-9-18(25(27)28)11-19(14(12)3)31(29,30)23-16-5-7-17(8-6-16)24-20(21-15(4)26)10-13(2)22-24/h5-11,23H,1-4H3,(H,21,26). The summed E-state index contributed by atoms with van der Waals surface area (Å²) in [5.41, 5.74) is 2.23. The van der Waals surface area contributed by atoms with Crippen LogP contribution in [0.4, 0.5) is 17.2 Å². The Kier molecular flexibility index (Phi) is 5.80.